The summed E-state index contributed by atoms with van der Waals surface area (Å²) >= 11 is 0. The molecule has 1 atom stereocenters. The van der Waals surface area contributed by atoms with Gasteiger partial charge in [0, 0.05) is 19.4 Å². The Balaban J connectivity index is 1.89. The number of rotatable bonds is 6. The quantitative estimate of drug-likeness (QED) is 0.561. The Morgan fingerprint density at radius 1 is 1.00 bits per heavy atom. The lowest BCUT2D eigenvalue weighted by atomic mass is 9.81. The first-order valence-electron chi connectivity index (χ1n) is 10.3. The van der Waals surface area contributed by atoms with E-state index in [9.17, 15) is 13.2 Å². The molecular formula is C24H24N4O4S. The van der Waals surface area contributed by atoms with Gasteiger partial charge in [-0.3, -0.25) is 14.7 Å². The highest BCUT2D eigenvalue weighted by atomic mass is 32.2. The molecule has 0 saturated heterocycles. The average molecular weight is 465 g/mol. The van der Waals surface area contributed by atoms with Crippen molar-refractivity contribution in [3.05, 3.63) is 84.2 Å². The Morgan fingerprint density at radius 2 is 1.67 bits per heavy atom. The second-order valence-electron chi connectivity index (χ2n) is 8.02. The van der Waals surface area contributed by atoms with E-state index in [0.717, 1.165) is 11.1 Å². The summed E-state index contributed by atoms with van der Waals surface area (Å²) < 4.78 is 29.9. The van der Waals surface area contributed by atoms with Gasteiger partial charge in [0.05, 0.1) is 5.25 Å². The summed E-state index contributed by atoms with van der Waals surface area (Å²) in [5.74, 6) is -0.194. The maximum Gasteiger partial charge on any atom is 0.311 e. The van der Waals surface area contributed by atoms with Crippen LogP contribution in [0.15, 0.2) is 78.0 Å². The van der Waals surface area contributed by atoms with E-state index in [0.29, 0.717) is 11.1 Å². The van der Waals surface area contributed by atoms with Crippen molar-refractivity contribution < 1.29 is 17.4 Å². The van der Waals surface area contributed by atoms with Gasteiger partial charge in [0.15, 0.2) is 11.5 Å². The number of pyridine rings is 1. The number of guanidine groups is 1. The first kappa shape index (κ1) is 22.5. The van der Waals surface area contributed by atoms with Gasteiger partial charge in [0.1, 0.15) is 5.75 Å². The van der Waals surface area contributed by atoms with Gasteiger partial charge in [-0.15, -0.1) is 0 Å². The fraction of sp³-hybridized carbons (Fsp3) is 0.208. The standard InChI is InChI=1S/C24H24N4O4S/c1-16(2)33(30,31)32-21-11-5-10-20(14-21)24(22(29)28(3)23(25)27-24)19-9-4-7-17(13-19)18-8-6-12-26-15-18/h4-16H,1-3H3,(H2,25,27). The van der Waals surface area contributed by atoms with Crippen molar-refractivity contribution in [2.75, 3.05) is 7.05 Å². The number of nitrogens with zero attached hydrogens (tertiary/aromatic N) is 3. The number of likely N-dealkylation sites (N-methyl/N-ethyl adjacent to an activating group) is 1. The molecule has 33 heavy (non-hydrogen) atoms. The van der Waals surface area contributed by atoms with Crippen LogP contribution in [0.4, 0.5) is 0 Å². The van der Waals surface area contributed by atoms with Crippen LogP contribution < -0.4 is 9.92 Å². The van der Waals surface area contributed by atoms with E-state index in [1.54, 1.807) is 37.6 Å². The fourth-order valence-corrected chi connectivity index (χ4v) is 4.21. The van der Waals surface area contributed by atoms with Crippen molar-refractivity contribution in [3.8, 4) is 16.9 Å². The van der Waals surface area contributed by atoms with E-state index in [1.165, 1.54) is 30.9 Å². The molecule has 0 spiro atoms. The first-order chi connectivity index (χ1) is 15.6. The molecule has 1 aliphatic rings. The van der Waals surface area contributed by atoms with Crippen LogP contribution in [0.25, 0.3) is 11.1 Å². The zero-order chi connectivity index (χ0) is 23.8. The van der Waals surface area contributed by atoms with Crippen molar-refractivity contribution >= 4 is 22.0 Å². The normalized spacial score (nSPS) is 18.5. The Hall–Kier alpha value is -3.72. The third-order valence-electron chi connectivity index (χ3n) is 5.56. The second kappa shape index (κ2) is 8.32. The minimum atomic E-state index is -3.82. The van der Waals surface area contributed by atoms with E-state index >= 15 is 0 Å². The fourth-order valence-electron chi connectivity index (χ4n) is 3.64. The van der Waals surface area contributed by atoms with Gasteiger partial charge in [-0.1, -0.05) is 36.4 Å². The van der Waals surface area contributed by atoms with Gasteiger partial charge in [0.2, 0.25) is 0 Å². The Kier molecular flexibility index (Phi) is 5.67. The summed E-state index contributed by atoms with van der Waals surface area (Å²) in [7, 11) is -2.26. The van der Waals surface area contributed by atoms with Crippen LogP contribution in [0.2, 0.25) is 0 Å². The highest BCUT2D eigenvalue weighted by Gasteiger charge is 2.49. The van der Waals surface area contributed by atoms with Crippen molar-refractivity contribution in [2.45, 2.75) is 24.6 Å². The number of hydrogen-bond acceptors (Lipinski definition) is 7. The summed E-state index contributed by atoms with van der Waals surface area (Å²) in [4.78, 5) is 23.6. The topological polar surface area (TPSA) is 115 Å². The van der Waals surface area contributed by atoms with Crippen LogP contribution >= 0.6 is 0 Å². The summed E-state index contributed by atoms with van der Waals surface area (Å²) in [6.07, 6.45) is 3.42. The molecule has 1 aromatic heterocycles. The minimum absolute atomic E-state index is 0.0629. The van der Waals surface area contributed by atoms with Gasteiger partial charge in [-0.05, 0) is 60.4 Å². The number of carbonyl (C=O) groups excluding carboxylic acids is 1. The van der Waals surface area contributed by atoms with Crippen molar-refractivity contribution in [3.63, 3.8) is 0 Å². The molecule has 2 N–H and O–H groups in total. The van der Waals surface area contributed by atoms with Crippen LogP contribution in [-0.4, -0.2) is 42.5 Å². The molecular weight excluding hydrogens is 440 g/mol. The molecule has 170 valence electrons. The zero-order valence-corrected chi connectivity index (χ0v) is 19.3. The van der Waals surface area contributed by atoms with Crippen molar-refractivity contribution in [1.82, 2.24) is 9.88 Å². The minimum Gasteiger partial charge on any atom is -0.382 e. The maximum absolute atomic E-state index is 13.6. The molecule has 2 aromatic carbocycles. The van der Waals surface area contributed by atoms with Crippen molar-refractivity contribution in [2.24, 2.45) is 10.7 Å². The molecule has 1 aliphatic heterocycles. The molecule has 0 fully saturated rings. The van der Waals surface area contributed by atoms with E-state index < -0.39 is 20.9 Å². The van der Waals surface area contributed by atoms with Crippen LogP contribution in [-0.2, 0) is 20.5 Å². The molecule has 0 radical (unpaired) electrons. The number of benzene rings is 2. The number of nitrogens with two attached hydrogens (primary N) is 1. The summed E-state index contributed by atoms with van der Waals surface area (Å²) in [6.45, 7) is 3.07. The molecule has 2 heterocycles. The molecule has 0 saturated carbocycles. The van der Waals surface area contributed by atoms with Gasteiger partial charge < -0.3 is 9.92 Å². The summed E-state index contributed by atoms with van der Waals surface area (Å²) in [5, 5.41) is -0.723. The molecule has 1 unspecified atom stereocenters. The third kappa shape index (κ3) is 3.95. The molecule has 9 heteroatoms. The maximum atomic E-state index is 13.6. The molecule has 0 aliphatic carbocycles. The van der Waals surface area contributed by atoms with E-state index in [1.807, 2.05) is 30.3 Å². The van der Waals surface area contributed by atoms with Gasteiger partial charge in [-0.25, -0.2) is 4.99 Å². The molecule has 0 bridgehead atoms. The lowest BCUT2D eigenvalue weighted by Gasteiger charge is -2.27. The monoisotopic (exact) mass is 464 g/mol. The summed E-state index contributed by atoms with van der Waals surface area (Å²) in [6, 6.07) is 17.5. The van der Waals surface area contributed by atoms with Crippen molar-refractivity contribution in [1.29, 1.82) is 0 Å². The van der Waals surface area contributed by atoms with Crippen LogP contribution in [0.3, 0.4) is 0 Å². The SMILES string of the molecule is CC(C)S(=O)(=O)Oc1cccc(C2(c3cccc(-c4cccnc4)c3)N=C(N)N(C)C2=O)c1. The third-order valence-corrected chi connectivity index (χ3v) is 7.14. The Bertz CT molecular complexity index is 1340. The number of carbonyl (C=O) groups is 1. The van der Waals surface area contributed by atoms with Crippen LogP contribution in [0.1, 0.15) is 25.0 Å². The van der Waals surface area contributed by atoms with Gasteiger partial charge in [-0.2, -0.15) is 8.42 Å². The average Bonchev–Trinajstić information content (AvgIpc) is 3.04. The highest BCUT2D eigenvalue weighted by molar-refractivity contribution is 7.87. The van der Waals surface area contributed by atoms with E-state index in [4.69, 9.17) is 9.92 Å². The van der Waals surface area contributed by atoms with Crippen LogP contribution in [0.5, 0.6) is 5.75 Å². The summed E-state index contributed by atoms with van der Waals surface area (Å²) in [5.41, 5.74) is 7.34. The molecule has 4 rings (SSSR count). The molecule has 3 aromatic rings. The van der Waals surface area contributed by atoms with E-state index in [-0.39, 0.29) is 17.6 Å². The smallest absolute Gasteiger partial charge is 0.311 e. The Labute approximate surface area is 192 Å². The Morgan fingerprint density at radius 3 is 2.27 bits per heavy atom. The van der Waals surface area contributed by atoms with Gasteiger partial charge in [0.25, 0.3) is 5.91 Å². The zero-order valence-electron chi connectivity index (χ0n) is 18.5. The predicted octanol–water partition coefficient (Wildman–Crippen LogP) is 2.90. The molecule has 8 nitrogen and oxygen atoms in total. The number of hydrogen-bond donors (Lipinski definition) is 1. The number of aliphatic imine (C=N–C) groups is 1. The number of amides is 1. The largest absolute Gasteiger partial charge is 0.382 e. The molecule has 1 amide bonds. The highest BCUT2D eigenvalue weighted by Crippen LogP contribution is 2.41. The van der Waals surface area contributed by atoms with Crippen LogP contribution in [0, 0.1) is 0 Å². The van der Waals surface area contributed by atoms with E-state index in [2.05, 4.69) is 9.98 Å². The second-order valence-corrected chi connectivity index (χ2v) is 10.1. The van der Waals surface area contributed by atoms with Gasteiger partial charge >= 0.3 is 10.1 Å². The lowest BCUT2D eigenvalue weighted by Crippen LogP contribution is -2.41. The predicted molar refractivity (Wildman–Crippen MR) is 126 cm³/mol. The first-order valence-corrected chi connectivity index (χ1v) is 11.8. The number of aromatic nitrogens is 1. The lowest BCUT2D eigenvalue weighted by molar-refractivity contribution is -0.129.